The quantitative estimate of drug-likeness (QED) is 0.779. The number of nitrogens with zero attached hydrogens (tertiary/aromatic N) is 3. The lowest BCUT2D eigenvalue weighted by Gasteiger charge is -2.34. The molecule has 5 heteroatoms. The van der Waals surface area contributed by atoms with Gasteiger partial charge in [-0.25, -0.2) is 9.97 Å². The van der Waals surface area contributed by atoms with Gasteiger partial charge in [0.1, 0.15) is 11.6 Å². The molecular formula is C18H21N5. The third kappa shape index (κ3) is 2.92. The SMILES string of the molecule is Nc1cc(CN2CCCCC2c2nc3ccccc3[nH]2)ccn1. The molecule has 1 aliphatic heterocycles. The highest BCUT2D eigenvalue weighted by Gasteiger charge is 2.26. The number of likely N-dealkylation sites (tertiary alicyclic amines) is 1. The Hall–Kier alpha value is -2.40. The molecule has 3 N–H and O–H groups in total. The maximum absolute atomic E-state index is 5.81. The second kappa shape index (κ2) is 6.01. The number of rotatable bonds is 3. The number of hydrogen-bond donors (Lipinski definition) is 2. The second-order valence-corrected chi connectivity index (χ2v) is 6.21. The number of aromatic nitrogens is 3. The van der Waals surface area contributed by atoms with Gasteiger partial charge in [0, 0.05) is 12.7 Å². The molecule has 1 aliphatic rings. The molecule has 5 nitrogen and oxygen atoms in total. The number of aromatic amines is 1. The number of para-hydroxylation sites is 2. The summed E-state index contributed by atoms with van der Waals surface area (Å²) in [4.78, 5) is 14.9. The number of nitrogens with one attached hydrogen (secondary N) is 1. The van der Waals surface area contributed by atoms with Crippen molar-refractivity contribution in [1.82, 2.24) is 19.9 Å². The summed E-state index contributed by atoms with van der Waals surface area (Å²) in [6, 6.07) is 12.6. The van der Waals surface area contributed by atoms with Crippen LogP contribution in [0.1, 0.15) is 36.7 Å². The van der Waals surface area contributed by atoms with Crippen LogP contribution in [0.25, 0.3) is 11.0 Å². The third-order valence-electron chi connectivity index (χ3n) is 4.57. The Kier molecular flexibility index (Phi) is 3.71. The van der Waals surface area contributed by atoms with Crippen LogP contribution in [0.3, 0.4) is 0 Å². The predicted molar refractivity (Wildman–Crippen MR) is 91.7 cm³/mol. The third-order valence-corrected chi connectivity index (χ3v) is 4.57. The number of fused-ring (bicyclic) bond motifs is 1. The number of anilines is 1. The first-order valence-corrected chi connectivity index (χ1v) is 8.19. The normalized spacial score (nSPS) is 19.2. The Morgan fingerprint density at radius 2 is 2.13 bits per heavy atom. The van der Waals surface area contributed by atoms with E-state index >= 15 is 0 Å². The molecule has 0 bridgehead atoms. The molecule has 3 aromatic rings. The van der Waals surface area contributed by atoms with Crippen LogP contribution >= 0.6 is 0 Å². The van der Waals surface area contributed by atoms with Crippen molar-refractivity contribution in [3.63, 3.8) is 0 Å². The zero-order valence-electron chi connectivity index (χ0n) is 13.1. The number of H-pyrrole nitrogens is 1. The molecule has 0 amide bonds. The molecule has 1 fully saturated rings. The fourth-order valence-corrected chi connectivity index (χ4v) is 3.45. The molecule has 0 spiro atoms. The van der Waals surface area contributed by atoms with E-state index in [2.05, 4.69) is 27.0 Å². The fourth-order valence-electron chi connectivity index (χ4n) is 3.45. The summed E-state index contributed by atoms with van der Waals surface area (Å²) in [5.41, 5.74) is 9.18. The van der Waals surface area contributed by atoms with Crippen LogP contribution < -0.4 is 5.73 Å². The molecule has 1 aromatic carbocycles. The molecule has 23 heavy (non-hydrogen) atoms. The number of nitrogen functional groups attached to an aromatic ring is 1. The van der Waals surface area contributed by atoms with Gasteiger partial charge >= 0.3 is 0 Å². The lowest BCUT2D eigenvalue weighted by atomic mass is 10.0. The molecule has 4 rings (SSSR count). The van der Waals surface area contributed by atoms with Gasteiger partial charge in [0.25, 0.3) is 0 Å². The van der Waals surface area contributed by atoms with Gasteiger partial charge in [0.2, 0.25) is 0 Å². The van der Waals surface area contributed by atoms with Gasteiger partial charge in [0.15, 0.2) is 0 Å². The highest BCUT2D eigenvalue weighted by atomic mass is 15.2. The second-order valence-electron chi connectivity index (χ2n) is 6.21. The zero-order valence-corrected chi connectivity index (χ0v) is 13.1. The van der Waals surface area contributed by atoms with E-state index in [4.69, 9.17) is 10.7 Å². The van der Waals surface area contributed by atoms with Crippen molar-refractivity contribution >= 4 is 16.9 Å². The standard InChI is InChI=1S/C18H21N5/c19-17-11-13(8-9-20-17)12-23-10-4-3-7-16(23)18-21-14-5-1-2-6-15(14)22-18/h1-2,5-6,8-9,11,16H,3-4,7,10,12H2,(H2,19,20)(H,21,22). The van der Waals surface area contributed by atoms with Crippen molar-refractivity contribution < 1.29 is 0 Å². The summed E-state index contributed by atoms with van der Waals surface area (Å²) < 4.78 is 0. The summed E-state index contributed by atoms with van der Waals surface area (Å²) in [5, 5.41) is 0. The van der Waals surface area contributed by atoms with Crippen molar-refractivity contribution in [1.29, 1.82) is 0 Å². The highest BCUT2D eigenvalue weighted by Crippen LogP contribution is 2.31. The lowest BCUT2D eigenvalue weighted by molar-refractivity contribution is 0.134. The summed E-state index contributed by atoms with van der Waals surface area (Å²) in [5.74, 6) is 1.66. The molecule has 0 radical (unpaired) electrons. The minimum atomic E-state index is 0.338. The van der Waals surface area contributed by atoms with Crippen molar-refractivity contribution in [2.75, 3.05) is 12.3 Å². The number of benzene rings is 1. The Balaban J connectivity index is 1.62. The Bertz CT molecular complexity index is 777. The molecule has 1 atom stereocenters. The van der Waals surface area contributed by atoms with Crippen molar-refractivity contribution in [2.24, 2.45) is 0 Å². The molecule has 3 heterocycles. The molecule has 0 aliphatic carbocycles. The van der Waals surface area contributed by atoms with Gasteiger partial charge < -0.3 is 10.7 Å². The molecule has 118 valence electrons. The van der Waals surface area contributed by atoms with Gasteiger partial charge in [-0.05, 0) is 49.2 Å². The van der Waals surface area contributed by atoms with Crippen molar-refractivity contribution in [3.05, 3.63) is 54.0 Å². The highest BCUT2D eigenvalue weighted by molar-refractivity contribution is 5.74. The first-order valence-electron chi connectivity index (χ1n) is 8.19. The van der Waals surface area contributed by atoms with E-state index in [-0.39, 0.29) is 0 Å². The van der Waals surface area contributed by atoms with Gasteiger partial charge in [-0.2, -0.15) is 0 Å². The lowest BCUT2D eigenvalue weighted by Crippen LogP contribution is -2.33. The van der Waals surface area contributed by atoms with E-state index in [0.717, 1.165) is 36.4 Å². The fraction of sp³-hybridized carbons (Fsp3) is 0.333. The maximum Gasteiger partial charge on any atom is 0.124 e. The maximum atomic E-state index is 5.81. The monoisotopic (exact) mass is 307 g/mol. The van der Waals surface area contributed by atoms with E-state index in [1.54, 1.807) is 6.20 Å². The molecule has 0 saturated carbocycles. The minimum absolute atomic E-state index is 0.338. The minimum Gasteiger partial charge on any atom is -0.384 e. The number of imidazole rings is 1. The van der Waals surface area contributed by atoms with Gasteiger partial charge in [-0.1, -0.05) is 18.6 Å². The van der Waals surface area contributed by atoms with Crippen LogP contribution in [0.15, 0.2) is 42.6 Å². The van der Waals surface area contributed by atoms with E-state index in [9.17, 15) is 0 Å². The first kappa shape index (κ1) is 14.2. The van der Waals surface area contributed by atoms with E-state index in [1.165, 1.54) is 18.4 Å². The van der Waals surface area contributed by atoms with E-state index < -0.39 is 0 Å². The van der Waals surface area contributed by atoms with Crippen LogP contribution in [0.5, 0.6) is 0 Å². The van der Waals surface area contributed by atoms with Gasteiger partial charge in [-0.3, -0.25) is 4.90 Å². The Morgan fingerprint density at radius 1 is 1.22 bits per heavy atom. The smallest absolute Gasteiger partial charge is 0.124 e. The number of hydrogen-bond acceptors (Lipinski definition) is 4. The summed E-state index contributed by atoms with van der Waals surface area (Å²) in [6.45, 7) is 1.97. The summed E-state index contributed by atoms with van der Waals surface area (Å²) >= 11 is 0. The molecular weight excluding hydrogens is 286 g/mol. The van der Waals surface area contributed by atoms with Crippen LogP contribution in [-0.2, 0) is 6.54 Å². The molecule has 1 saturated heterocycles. The van der Waals surface area contributed by atoms with E-state index in [1.807, 2.05) is 24.3 Å². The predicted octanol–water partition coefficient (Wildman–Crippen LogP) is 3.27. The average molecular weight is 307 g/mol. The van der Waals surface area contributed by atoms with Gasteiger partial charge in [-0.15, -0.1) is 0 Å². The van der Waals surface area contributed by atoms with Crippen molar-refractivity contribution in [3.8, 4) is 0 Å². The summed E-state index contributed by atoms with van der Waals surface area (Å²) in [6.07, 6.45) is 5.40. The van der Waals surface area contributed by atoms with Crippen LogP contribution in [-0.4, -0.2) is 26.4 Å². The van der Waals surface area contributed by atoms with E-state index in [0.29, 0.717) is 11.9 Å². The molecule has 1 unspecified atom stereocenters. The number of piperidine rings is 1. The topological polar surface area (TPSA) is 70.8 Å². The van der Waals surface area contributed by atoms with Gasteiger partial charge in [0.05, 0.1) is 17.1 Å². The number of pyridine rings is 1. The average Bonchev–Trinajstić information content (AvgIpc) is 2.99. The van der Waals surface area contributed by atoms with Crippen molar-refractivity contribution in [2.45, 2.75) is 31.8 Å². The number of nitrogens with two attached hydrogens (primary N) is 1. The Labute approximate surface area is 135 Å². The zero-order chi connectivity index (χ0) is 15.6. The molecule has 2 aromatic heterocycles. The van der Waals surface area contributed by atoms with Crippen LogP contribution in [0.4, 0.5) is 5.82 Å². The van der Waals surface area contributed by atoms with Crippen LogP contribution in [0, 0.1) is 0 Å². The Morgan fingerprint density at radius 3 is 3.00 bits per heavy atom. The largest absolute Gasteiger partial charge is 0.384 e. The van der Waals surface area contributed by atoms with Crippen LogP contribution in [0.2, 0.25) is 0 Å². The summed E-state index contributed by atoms with van der Waals surface area (Å²) in [7, 11) is 0. The first-order chi connectivity index (χ1) is 11.3.